The summed E-state index contributed by atoms with van der Waals surface area (Å²) in [4.78, 5) is 2.28. The van der Waals surface area contributed by atoms with Gasteiger partial charge in [-0.15, -0.1) is 0 Å². The smallest absolute Gasteiger partial charge is 0.152 e. The Labute approximate surface area is 365 Å². The maximum Gasteiger partial charge on any atom is 0.152 e. The van der Waals surface area contributed by atoms with Gasteiger partial charge in [0.2, 0.25) is 0 Å². The number of hydrogen-bond acceptors (Lipinski definition) is 2. The SMILES string of the molecule is CC.CC(c1ccccc1)c1cc(-c2ccccc2N(C)c2ccc(-c3ccccc3)cc2)ccc1Oc1cccc2c3ccccc3n(-c3ccc(-c4ccccc4)cc3)c12. The first-order valence-corrected chi connectivity index (χ1v) is 21.6. The number of hydrogen-bond donors (Lipinski definition) is 0. The third-order valence-electron chi connectivity index (χ3n) is 11.8. The van der Waals surface area contributed by atoms with E-state index < -0.39 is 0 Å². The first-order valence-electron chi connectivity index (χ1n) is 21.6. The van der Waals surface area contributed by atoms with Crippen LogP contribution < -0.4 is 9.64 Å². The summed E-state index contributed by atoms with van der Waals surface area (Å²) in [7, 11) is 2.15. The molecule has 0 spiro atoms. The van der Waals surface area contributed by atoms with Crippen molar-refractivity contribution in [2.75, 3.05) is 11.9 Å². The zero-order valence-electron chi connectivity index (χ0n) is 35.7. The van der Waals surface area contributed by atoms with Crippen molar-refractivity contribution in [2.45, 2.75) is 26.7 Å². The van der Waals surface area contributed by atoms with Gasteiger partial charge in [0.1, 0.15) is 5.75 Å². The van der Waals surface area contributed by atoms with Gasteiger partial charge in [0.25, 0.3) is 0 Å². The monoisotopic (exact) mass is 802 g/mol. The molecule has 1 unspecified atom stereocenters. The molecule has 10 rings (SSSR count). The van der Waals surface area contributed by atoms with Crippen LogP contribution in [0.1, 0.15) is 37.8 Å². The molecular weight excluding hydrogens is 753 g/mol. The molecule has 10 aromatic rings. The Balaban J connectivity index is 0.00000242. The highest BCUT2D eigenvalue weighted by molar-refractivity contribution is 6.11. The number of para-hydroxylation sites is 3. The van der Waals surface area contributed by atoms with Gasteiger partial charge in [-0.3, -0.25) is 0 Å². The molecule has 0 radical (unpaired) electrons. The Morgan fingerprint density at radius 2 is 0.984 bits per heavy atom. The second kappa shape index (κ2) is 17.9. The summed E-state index contributed by atoms with van der Waals surface area (Å²) in [5.74, 6) is 1.71. The summed E-state index contributed by atoms with van der Waals surface area (Å²) in [6.07, 6.45) is 0. The van der Waals surface area contributed by atoms with Gasteiger partial charge in [0.05, 0.1) is 11.0 Å². The van der Waals surface area contributed by atoms with E-state index in [1.807, 2.05) is 13.8 Å². The molecule has 0 bridgehead atoms. The molecule has 3 nitrogen and oxygen atoms in total. The van der Waals surface area contributed by atoms with E-state index in [1.165, 1.54) is 33.2 Å². The van der Waals surface area contributed by atoms with Gasteiger partial charge in [-0.2, -0.15) is 0 Å². The van der Waals surface area contributed by atoms with Gasteiger partial charge in [-0.1, -0.05) is 191 Å². The van der Waals surface area contributed by atoms with E-state index in [4.69, 9.17) is 4.74 Å². The number of rotatable bonds is 10. The second-order valence-electron chi connectivity index (χ2n) is 15.4. The first-order chi connectivity index (χ1) is 30.6. The summed E-state index contributed by atoms with van der Waals surface area (Å²) < 4.78 is 9.55. The minimum atomic E-state index is 0.0622. The molecule has 0 fully saturated rings. The fraction of sp³-hybridized carbons (Fsp3) is 0.0847. The lowest BCUT2D eigenvalue weighted by molar-refractivity contribution is 0.478. The van der Waals surface area contributed by atoms with Crippen LogP contribution in [0.3, 0.4) is 0 Å². The predicted octanol–water partition coefficient (Wildman–Crippen LogP) is 16.5. The predicted molar refractivity (Wildman–Crippen MR) is 263 cm³/mol. The van der Waals surface area contributed by atoms with Gasteiger partial charge in [-0.05, 0) is 88.0 Å². The molecular formula is C59H50N2O. The summed E-state index contributed by atoms with van der Waals surface area (Å²) in [5, 5.41) is 2.34. The van der Waals surface area contributed by atoms with Crippen molar-refractivity contribution >= 4 is 33.2 Å². The molecule has 0 aliphatic carbocycles. The third-order valence-corrected chi connectivity index (χ3v) is 11.8. The van der Waals surface area contributed by atoms with E-state index in [1.54, 1.807) is 0 Å². The lowest BCUT2D eigenvalue weighted by Crippen LogP contribution is -2.10. The molecule has 0 aliphatic heterocycles. The van der Waals surface area contributed by atoms with Crippen molar-refractivity contribution in [1.82, 2.24) is 4.57 Å². The fourth-order valence-corrected chi connectivity index (χ4v) is 8.62. The lowest BCUT2D eigenvalue weighted by Gasteiger charge is -2.24. The maximum absolute atomic E-state index is 7.20. The van der Waals surface area contributed by atoms with Crippen LogP contribution in [0, 0.1) is 0 Å². The van der Waals surface area contributed by atoms with Crippen molar-refractivity contribution in [1.29, 1.82) is 0 Å². The van der Waals surface area contributed by atoms with Crippen molar-refractivity contribution in [2.24, 2.45) is 0 Å². The minimum Gasteiger partial charge on any atom is -0.455 e. The molecule has 1 aromatic heterocycles. The molecule has 1 heterocycles. The Hall–Kier alpha value is -7.62. The molecule has 62 heavy (non-hydrogen) atoms. The number of aromatic nitrogens is 1. The van der Waals surface area contributed by atoms with E-state index in [2.05, 4.69) is 248 Å². The average Bonchev–Trinajstić information content (AvgIpc) is 3.70. The molecule has 0 aliphatic rings. The average molecular weight is 803 g/mol. The van der Waals surface area contributed by atoms with Crippen LogP contribution in [0.25, 0.3) is 60.9 Å². The first kappa shape index (κ1) is 39.8. The molecule has 3 heteroatoms. The fourth-order valence-electron chi connectivity index (χ4n) is 8.62. The molecule has 0 saturated heterocycles. The van der Waals surface area contributed by atoms with E-state index in [9.17, 15) is 0 Å². The molecule has 302 valence electrons. The highest BCUT2D eigenvalue weighted by Gasteiger charge is 2.21. The largest absolute Gasteiger partial charge is 0.455 e. The Bertz CT molecular complexity index is 3060. The second-order valence-corrected chi connectivity index (χ2v) is 15.4. The molecule has 1 atom stereocenters. The zero-order valence-corrected chi connectivity index (χ0v) is 35.7. The normalized spacial score (nSPS) is 11.5. The summed E-state index contributed by atoms with van der Waals surface area (Å²) in [6.45, 7) is 6.28. The van der Waals surface area contributed by atoms with Crippen LogP contribution in [-0.4, -0.2) is 11.6 Å². The summed E-state index contributed by atoms with van der Waals surface area (Å²) >= 11 is 0. The van der Waals surface area contributed by atoms with Crippen LogP contribution in [0.5, 0.6) is 11.5 Å². The van der Waals surface area contributed by atoms with Gasteiger partial charge < -0.3 is 14.2 Å². The van der Waals surface area contributed by atoms with Crippen molar-refractivity contribution in [3.05, 3.63) is 236 Å². The number of fused-ring (bicyclic) bond motifs is 3. The number of ether oxygens (including phenoxy) is 1. The summed E-state index contributed by atoms with van der Waals surface area (Å²) in [6, 6.07) is 79.9. The highest BCUT2D eigenvalue weighted by Crippen LogP contribution is 2.44. The van der Waals surface area contributed by atoms with Gasteiger partial charge in [-0.25, -0.2) is 0 Å². The molecule has 0 N–H and O–H groups in total. The highest BCUT2D eigenvalue weighted by atomic mass is 16.5. The van der Waals surface area contributed by atoms with Gasteiger partial charge >= 0.3 is 0 Å². The van der Waals surface area contributed by atoms with Gasteiger partial charge in [0.15, 0.2) is 5.75 Å². The van der Waals surface area contributed by atoms with Crippen molar-refractivity contribution in [3.63, 3.8) is 0 Å². The van der Waals surface area contributed by atoms with Crippen LogP contribution in [0.4, 0.5) is 11.4 Å². The van der Waals surface area contributed by atoms with Crippen LogP contribution in [-0.2, 0) is 0 Å². The Kier molecular flexibility index (Phi) is 11.5. The van der Waals surface area contributed by atoms with Crippen LogP contribution >= 0.6 is 0 Å². The van der Waals surface area contributed by atoms with E-state index in [0.29, 0.717) is 0 Å². The zero-order chi connectivity index (χ0) is 42.4. The molecule has 0 saturated carbocycles. The quantitative estimate of drug-likeness (QED) is 0.137. The summed E-state index contributed by atoms with van der Waals surface area (Å²) in [5.41, 5.74) is 15.0. The van der Waals surface area contributed by atoms with E-state index in [0.717, 1.165) is 61.7 Å². The lowest BCUT2D eigenvalue weighted by atomic mass is 9.89. The van der Waals surface area contributed by atoms with Crippen LogP contribution in [0.2, 0.25) is 0 Å². The van der Waals surface area contributed by atoms with Crippen LogP contribution in [0.15, 0.2) is 224 Å². The topological polar surface area (TPSA) is 17.4 Å². The Morgan fingerprint density at radius 3 is 1.66 bits per heavy atom. The minimum absolute atomic E-state index is 0.0622. The molecule has 0 amide bonds. The van der Waals surface area contributed by atoms with E-state index >= 15 is 0 Å². The van der Waals surface area contributed by atoms with Crippen molar-refractivity contribution in [3.8, 4) is 50.6 Å². The number of anilines is 2. The van der Waals surface area contributed by atoms with E-state index in [-0.39, 0.29) is 5.92 Å². The Morgan fingerprint density at radius 1 is 0.452 bits per heavy atom. The standard InChI is InChI=1S/C57H44N2O.C2H6/c1-40(41-17-6-3-7-18-41)52-39-46(49-23-12-14-26-53(49)58(2)47-34-29-44(30-35-47)42-19-8-4-9-20-42)33-38-55(52)60-56-28-16-25-51-50-24-13-15-27-54(50)59(57(51)56)48-36-31-45(32-37-48)43-21-10-5-11-22-43;1-2/h3-40H,1-2H3;1-2H3. The molecule has 9 aromatic carbocycles. The maximum atomic E-state index is 7.20. The number of nitrogens with zero attached hydrogens (tertiary/aromatic N) is 2. The van der Waals surface area contributed by atoms with Gasteiger partial charge in [0, 0.05) is 51.9 Å². The third kappa shape index (κ3) is 7.77. The number of benzene rings is 9. The van der Waals surface area contributed by atoms with Crippen molar-refractivity contribution < 1.29 is 4.74 Å².